The highest BCUT2D eigenvalue weighted by Gasteiger charge is 2.00. The smallest absolute Gasteiger partial charge is 0.141 e. The van der Waals surface area contributed by atoms with E-state index < -0.39 is 0 Å². The zero-order valence-corrected chi connectivity index (χ0v) is 10.4. The van der Waals surface area contributed by atoms with Crippen molar-refractivity contribution < 1.29 is 4.74 Å². The normalized spacial score (nSPS) is 10.0. The largest absolute Gasteiger partial charge is 0.495 e. The summed E-state index contributed by atoms with van der Waals surface area (Å²) in [7, 11) is 1.67. The van der Waals surface area contributed by atoms with Gasteiger partial charge in [-0.15, -0.1) is 0 Å². The maximum absolute atomic E-state index is 5.84. The zero-order valence-electron chi connectivity index (χ0n) is 9.61. The average Bonchev–Trinajstić information content (AvgIpc) is 2.38. The number of hydrogen-bond acceptors (Lipinski definition) is 2. The first-order chi connectivity index (χ1) is 8.29. The molecule has 0 atom stereocenters. The summed E-state index contributed by atoms with van der Waals surface area (Å²) in [5.41, 5.74) is 2.17. The van der Waals surface area contributed by atoms with Gasteiger partial charge in [0.15, 0.2) is 0 Å². The lowest BCUT2D eigenvalue weighted by atomic mass is 10.2. The number of ether oxygens (including phenoxy) is 1. The summed E-state index contributed by atoms with van der Waals surface area (Å²) in [6.07, 6.45) is 0. The molecule has 88 valence electrons. The molecule has 0 saturated heterocycles. The molecule has 3 heteroatoms. The predicted molar refractivity (Wildman–Crippen MR) is 71.8 cm³/mol. The third kappa shape index (κ3) is 3.14. The summed E-state index contributed by atoms with van der Waals surface area (Å²) in [5.74, 6) is 0.849. The molecular formula is C14H14ClNO. The number of nitrogens with one attached hydrogen (secondary N) is 1. The number of rotatable bonds is 4. The van der Waals surface area contributed by atoms with Crippen LogP contribution in [0.15, 0.2) is 48.5 Å². The first kappa shape index (κ1) is 11.8. The Morgan fingerprint density at radius 1 is 1.06 bits per heavy atom. The zero-order chi connectivity index (χ0) is 12.1. The van der Waals surface area contributed by atoms with Gasteiger partial charge in [-0.1, -0.05) is 35.9 Å². The number of hydrogen-bond donors (Lipinski definition) is 1. The Morgan fingerprint density at radius 2 is 1.76 bits per heavy atom. The number of para-hydroxylation sites is 2. The quantitative estimate of drug-likeness (QED) is 0.883. The molecule has 2 aromatic rings. The monoisotopic (exact) mass is 247 g/mol. The predicted octanol–water partition coefficient (Wildman–Crippen LogP) is 3.96. The highest BCUT2D eigenvalue weighted by Crippen LogP contribution is 2.23. The van der Waals surface area contributed by atoms with E-state index in [1.54, 1.807) is 7.11 Å². The Labute approximate surface area is 106 Å². The van der Waals surface area contributed by atoms with E-state index >= 15 is 0 Å². The standard InChI is InChI=1S/C14H14ClNO/c1-17-14-5-3-2-4-13(14)16-10-11-6-8-12(15)9-7-11/h2-9,16H,10H2,1H3. The summed E-state index contributed by atoms with van der Waals surface area (Å²) in [6, 6.07) is 15.6. The van der Waals surface area contributed by atoms with Crippen LogP contribution in [0, 0.1) is 0 Å². The van der Waals surface area contributed by atoms with Gasteiger partial charge in [0.2, 0.25) is 0 Å². The van der Waals surface area contributed by atoms with E-state index in [0.29, 0.717) is 0 Å². The maximum atomic E-state index is 5.84. The third-order valence-electron chi connectivity index (χ3n) is 2.50. The van der Waals surface area contributed by atoms with E-state index in [2.05, 4.69) is 5.32 Å². The van der Waals surface area contributed by atoms with Crippen molar-refractivity contribution in [2.75, 3.05) is 12.4 Å². The molecule has 0 saturated carbocycles. The SMILES string of the molecule is COc1ccccc1NCc1ccc(Cl)cc1. The highest BCUT2D eigenvalue weighted by molar-refractivity contribution is 6.30. The van der Waals surface area contributed by atoms with Crippen LogP contribution >= 0.6 is 11.6 Å². The van der Waals surface area contributed by atoms with Crippen molar-refractivity contribution in [2.45, 2.75) is 6.54 Å². The first-order valence-electron chi connectivity index (χ1n) is 5.41. The van der Waals surface area contributed by atoms with Gasteiger partial charge in [-0.25, -0.2) is 0 Å². The molecule has 2 rings (SSSR count). The molecule has 0 aliphatic rings. The molecule has 0 aliphatic carbocycles. The van der Waals surface area contributed by atoms with Gasteiger partial charge in [0.05, 0.1) is 12.8 Å². The number of halogens is 1. The Balaban J connectivity index is 2.04. The second-order valence-corrected chi connectivity index (χ2v) is 4.12. The Hall–Kier alpha value is -1.67. The van der Waals surface area contributed by atoms with Crippen LogP contribution in [0.25, 0.3) is 0 Å². The minimum atomic E-state index is 0.748. The van der Waals surface area contributed by atoms with E-state index in [-0.39, 0.29) is 0 Å². The molecule has 0 heterocycles. The fourth-order valence-electron chi connectivity index (χ4n) is 1.59. The molecule has 0 aliphatic heterocycles. The lowest BCUT2D eigenvalue weighted by molar-refractivity contribution is 0.416. The molecule has 17 heavy (non-hydrogen) atoms. The second kappa shape index (κ2) is 5.60. The van der Waals surface area contributed by atoms with E-state index in [1.165, 1.54) is 5.56 Å². The van der Waals surface area contributed by atoms with Gasteiger partial charge < -0.3 is 10.1 Å². The third-order valence-corrected chi connectivity index (χ3v) is 2.76. The summed E-state index contributed by atoms with van der Waals surface area (Å²) < 4.78 is 5.27. The van der Waals surface area contributed by atoms with Crippen LogP contribution in [0.5, 0.6) is 5.75 Å². The minimum absolute atomic E-state index is 0.748. The van der Waals surface area contributed by atoms with Crippen molar-refractivity contribution in [2.24, 2.45) is 0 Å². The van der Waals surface area contributed by atoms with Crippen LogP contribution < -0.4 is 10.1 Å². The van der Waals surface area contributed by atoms with Gasteiger partial charge in [0.25, 0.3) is 0 Å². The number of methoxy groups -OCH3 is 1. The summed E-state index contributed by atoms with van der Waals surface area (Å²) in [6.45, 7) is 0.748. The Morgan fingerprint density at radius 3 is 2.47 bits per heavy atom. The first-order valence-corrected chi connectivity index (χ1v) is 5.79. The molecule has 2 nitrogen and oxygen atoms in total. The van der Waals surface area contributed by atoms with Crippen molar-refractivity contribution >= 4 is 17.3 Å². The Bertz CT molecular complexity index is 482. The van der Waals surface area contributed by atoms with Crippen molar-refractivity contribution in [3.8, 4) is 5.75 Å². The van der Waals surface area contributed by atoms with Crippen LogP contribution in [-0.4, -0.2) is 7.11 Å². The molecule has 2 aromatic carbocycles. The molecule has 0 fully saturated rings. The number of anilines is 1. The number of benzene rings is 2. The van der Waals surface area contributed by atoms with Crippen molar-refractivity contribution in [1.82, 2.24) is 0 Å². The van der Waals surface area contributed by atoms with Gasteiger partial charge in [0, 0.05) is 11.6 Å². The topological polar surface area (TPSA) is 21.3 Å². The van der Waals surface area contributed by atoms with Crippen LogP contribution in [0.1, 0.15) is 5.56 Å². The van der Waals surface area contributed by atoms with E-state index in [4.69, 9.17) is 16.3 Å². The van der Waals surface area contributed by atoms with Gasteiger partial charge in [-0.05, 0) is 29.8 Å². The van der Waals surface area contributed by atoms with Crippen LogP contribution in [0.3, 0.4) is 0 Å². The Kier molecular flexibility index (Phi) is 3.89. The molecule has 1 N–H and O–H groups in total. The van der Waals surface area contributed by atoms with Gasteiger partial charge in [-0.3, -0.25) is 0 Å². The fourth-order valence-corrected chi connectivity index (χ4v) is 1.72. The van der Waals surface area contributed by atoms with Crippen LogP contribution in [0.2, 0.25) is 5.02 Å². The van der Waals surface area contributed by atoms with E-state index in [1.807, 2.05) is 48.5 Å². The van der Waals surface area contributed by atoms with Crippen LogP contribution in [0.4, 0.5) is 5.69 Å². The average molecular weight is 248 g/mol. The lowest BCUT2D eigenvalue weighted by Gasteiger charge is -2.10. The second-order valence-electron chi connectivity index (χ2n) is 3.68. The summed E-state index contributed by atoms with van der Waals surface area (Å²) in [5, 5.41) is 4.09. The molecule has 0 bridgehead atoms. The van der Waals surface area contributed by atoms with Crippen molar-refractivity contribution in [3.63, 3.8) is 0 Å². The maximum Gasteiger partial charge on any atom is 0.141 e. The van der Waals surface area contributed by atoms with Crippen molar-refractivity contribution in [3.05, 3.63) is 59.1 Å². The highest BCUT2D eigenvalue weighted by atomic mass is 35.5. The molecule has 0 spiro atoms. The van der Waals surface area contributed by atoms with E-state index in [0.717, 1.165) is 23.0 Å². The van der Waals surface area contributed by atoms with Gasteiger partial charge in [0.1, 0.15) is 5.75 Å². The molecule has 0 radical (unpaired) electrons. The summed E-state index contributed by atoms with van der Waals surface area (Å²) >= 11 is 5.84. The van der Waals surface area contributed by atoms with E-state index in [9.17, 15) is 0 Å². The molecule has 0 aromatic heterocycles. The van der Waals surface area contributed by atoms with Crippen LogP contribution in [-0.2, 0) is 6.54 Å². The molecule has 0 unspecified atom stereocenters. The minimum Gasteiger partial charge on any atom is -0.495 e. The lowest BCUT2D eigenvalue weighted by Crippen LogP contribution is -2.00. The fraction of sp³-hybridized carbons (Fsp3) is 0.143. The van der Waals surface area contributed by atoms with Gasteiger partial charge in [-0.2, -0.15) is 0 Å². The summed E-state index contributed by atoms with van der Waals surface area (Å²) in [4.78, 5) is 0. The molecule has 0 amide bonds. The molecular weight excluding hydrogens is 234 g/mol. The van der Waals surface area contributed by atoms with Crippen molar-refractivity contribution in [1.29, 1.82) is 0 Å². The van der Waals surface area contributed by atoms with Gasteiger partial charge >= 0.3 is 0 Å².